The number of aromatic nitrogens is 1. The fourth-order valence-electron chi connectivity index (χ4n) is 3.09. The molecule has 1 aromatic heterocycles. The van der Waals surface area contributed by atoms with Crippen LogP contribution in [0.4, 0.5) is 8.78 Å². The smallest absolute Gasteiger partial charge is 0.243 e. The second kappa shape index (κ2) is 6.15. The molecule has 1 atom stereocenters. The zero-order chi connectivity index (χ0) is 17.6. The van der Waals surface area contributed by atoms with Crippen LogP contribution in [0.3, 0.4) is 0 Å². The first-order valence-electron chi connectivity index (χ1n) is 7.96. The summed E-state index contributed by atoms with van der Waals surface area (Å²) in [6.45, 7) is 1.46. The van der Waals surface area contributed by atoms with Gasteiger partial charge in [-0.15, -0.1) is 0 Å². The number of hydrogen-bond donors (Lipinski definition) is 0. The van der Waals surface area contributed by atoms with Gasteiger partial charge in [0.1, 0.15) is 5.76 Å². The minimum Gasteiger partial charge on any atom is -0.445 e. The third-order valence-corrected chi connectivity index (χ3v) is 6.36. The zero-order valence-corrected chi connectivity index (χ0v) is 14.1. The Bertz CT molecular complexity index is 907. The fraction of sp³-hybridized carbons (Fsp3) is 0.438. The van der Waals surface area contributed by atoms with Crippen molar-refractivity contribution in [2.45, 2.75) is 30.2 Å². The Hall–Kier alpha value is -1.84. The highest BCUT2D eigenvalue weighted by Gasteiger charge is 2.33. The monoisotopic (exact) mass is 370 g/mol. The molecular weight excluding hydrogens is 354 g/mol. The molecule has 0 aliphatic carbocycles. The van der Waals surface area contributed by atoms with Crippen LogP contribution in [0, 0.1) is 11.6 Å². The van der Waals surface area contributed by atoms with E-state index in [1.165, 1.54) is 4.31 Å². The molecule has 9 heteroatoms. The Morgan fingerprint density at radius 3 is 2.80 bits per heavy atom. The van der Waals surface area contributed by atoms with Gasteiger partial charge in [0.2, 0.25) is 10.0 Å². The first-order chi connectivity index (χ1) is 11.9. The molecule has 0 amide bonds. The lowest BCUT2D eigenvalue weighted by Gasteiger charge is -2.24. The van der Waals surface area contributed by atoms with Crippen molar-refractivity contribution >= 4 is 10.0 Å². The Morgan fingerprint density at radius 1 is 1.24 bits per heavy atom. The molecule has 2 aliphatic rings. The van der Waals surface area contributed by atoms with Crippen molar-refractivity contribution in [3.8, 4) is 0 Å². The van der Waals surface area contributed by atoms with Gasteiger partial charge < -0.3 is 9.15 Å². The van der Waals surface area contributed by atoms with E-state index in [-0.39, 0.29) is 23.9 Å². The molecule has 1 aromatic carbocycles. The number of rotatable bonds is 3. The van der Waals surface area contributed by atoms with Crippen LogP contribution in [0.15, 0.2) is 27.5 Å². The number of sulfonamides is 1. The second-order valence-corrected chi connectivity index (χ2v) is 8.08. The van der Waals surface area contributed by atoms with Gasteiger partial charge in [-0.05, 0) is 24.6 Å². The summed E-state index contributed by atoms with van der Waals surface area (Å²) in [5.41, 5.74) is 0.569. The summed E-state index contributed by atoms with van der Waals surface area (Å²) < 4.78 is 64.1. The zero-order valence-electron chi connectivity index (χ0n) is 13.2. The van der Waals surface area contributed by atoms with E-state index in [0.717, 1.165) is 18.6 Å². The predicted molar refractivity (Wildman–Crippen MR) is 82.3 cm³/mol. The molecule has 2 aliphatic heterocycles. The second-order valence-electron chi connectivity index (χ2n) is 6.15. The molecule has 0 N–H and O–H groups in total. The molecule has 1 unspecified atom stereocenters. The van der Waals surface area contributed by atoms with E-state index >= 15 is 0 Å². The molecule has 1 fully saturated rings. The van der Waals surface area contributed by atoms with E-state index in [9.17, 15) is 17.2 Å². The molecule has 6 nitrogen and oxygen atoms in total. The Morgan fingerprint density at radius 2 is 2.08 bits per heavy atom. The first-order valence-corrected chi connectivity index (χ1v) is 9.40. The van der Waals surface area contributed by atoms with Gasteiger partial charge in [0.25, 0.3) is 0 Å². The van der Waals surface area contributed by atoms with Crippen LogP contribution in [0.25, 0.3) is 0 Å². The van der Waals surface area contributed by atoms with Crippen LogP contribution in [0.5, 0.6) is 0 Å². The average molecular weight is 370 g/mol. The summed E-state index contributed by atoms with van der Waals surface area (Å²) in [5.74, 6) is -0.918. The van der Waals surface area contributed by atoms with Crippen molar-refractivity contribution in [1.82, 2.24) is 9.29 Å². The minimum atomic E-state index is -3.93. The van der Waals surface area contributed by atoms with E-state index in [1.54, 1.807) is 0 Å². The van der Waals surface area contributed by atoms with Crippen LogP contribution in [-0.4, -0.2) is 37.5 Å². The van der Waals surface area contributed by atoms with Gasteiger partial charge in [-0.3, -0.25) is 0 Å². The number of hydrogen-bond acceptors (Lipinski definition) is 5. The average Bonchev–Trinajstić information content (AvgIpc) is 3.25. The number of benzene rings is 1. The van der Waals surface area contributed by atoms with Crippen LogP contribution >= 0.6 is 0 Å². The maximum absolute atomic E-state index is 13.4. The molecule has 0 bridgehead atoms. The van der Waals surface area contributed by atoms with Crippen LogP contribution in [0.1, 0.15) is 29.7 Å². The number of fused-ring (bicyclic) bond motifs is 1. The molecule has 4 rings (SSSR count). The standard InChI is InChI=1S/C16H16F2N2O4S/c17-12-2-1-11(7-13(12)18)25(21,22)20-5-3-15-14(8-20)19-16(24-15)10-4-6-23-9-10/h1-2,7,10H,3-6,8-9H2. The highest BCUT2D eigenvalue weighted by molar-refractivity contribution is 7.89. The molecule has 134 valence electrons. The maximum atomic E-state index is 13.4. The molecular formula is C16H16F2N2O4S. The van der Waals surface area contributed by atoms with E-state index in [4.69, 9.17) is 9.15 Å². The van der Waals surface area contributed by atoms with Crippen molar-refractivity contribution < 1.29 is 26.4 Å². The number of halogens is 2. The highest BCUT2D eigenvalue weighted by Crippen LogP contribution is 2.30. The molecule has 0 saturated carbocycles. The third kappa shape index (κ3) is 2.96. The Labute approximate surface area is 143 Å². The van der Waals surface area contributed by atoms with Crippen molar-refractivity contribution in [1.29, 1.82) is 0 Å². The van der Waals surface area contributed by atoms with Gasteiger partial charge in [0, 0.05) is 19.6 Å². The third-order valence-electron chi connectivity index (χ3n) is 4.52. The molecule has 1 saturated heterocycles. The van der Waals surface area contributed by atoms with Gasteiger partial charge in [0.15, 0.2) is 17.5 Å². The van der Waals surface area contributed by atoms with Gasteiger partial charge in [-0.1, -0.05) is 0 Å². The van der Waals surface area contributed by atoms with Crippen LogP contribution in [-0.2, 0) is 27.7 Å². The van der Waals surface area contributed by atoms with Crippen molar-refractivity contribution in [3.05, 3.63) is 47.2 Å². The van der Waals surface area contributed by atoms with E-state index in [2.05, 4.69) is 4.98 Å². The lowest BCUT2D eigenvalue weighted by atomic mass is 10.1. The van der Waals surface area contributed by atoms with Gasteiger partial charge in [-0.2, -0.15) is 4.31 Å². The van der Waals surface area contributed by atoms with Crippen molar-refractivity contribution in [3.63, 3.8) is 0 Å². The Balaban J connectivity index is 1.59. The molecule has 2 aromatic rings. The summed E-state index contributed by atoms with van der Waals surface area (Å²) in [4.78, 5) is 4.16. The topological polar surface area (TPSA) is 72.6 Å². The van der Waals surface area contributed by atoms with Gasteiger partial charge >= 0.3 is 0 Å². The molecule has 25 heavy (non-hydrogen) atoms. The number of nitrogens with zero attached hydrogens (tertiary/aromatic N) is 2. The lowest BCUT2D eigenvalue weighted by Crippen LogP contribution is -2.35. The van der Waals surface area contributed by atoms with Crippen molar-refractivity contribution in [2.75, 3.05) is 19.8 Å². The SMILES string of the molecule is O=S(=O)(c1ccc(F)c(F)c1)N1CCc2oc(C3CCOC3)nc2C1. The van der Waals surface area contributed by atoms with Crippen LogP contribution in [0.2, 0.25) is 0 Å². The van der Waals surface area contributed by atoms with Crippen LogP contribution < -0.4 is 0 Å². The minimum absolute atomic E-state index is 0.0493. The first kappa shape index (κ1) is 16.6. The van der Waals surface area contributed by atoms with Crippen molar-refractivity contribution in [2.24, 2.45) is 0 Å². The largest absolute Gasteiger partial charge is 0.445 e. The predicted octanol–water partition coefficient (Wildman–Crippen LogP) is 2.20. The lowest BCUT2D eigenvalue weighted by molar-refractivity contribution is 0.190. The van der Waals surface area contributed by atoms with E-state index in [0.29, 0.717) is 43.0 Å². The fourth-order valence-corrected chi connectivity index (χ4v) is 4.50. The highest BCUT2D eigenvalue weighted by atomic mass is 32.2. The number of ether oxygens (including phenoxy) is 1. The maximum Gasteiger partial charge on any atom is 0.243 e. The summed E-state index contributed by atoms with van der Waals surface area (Å²) in [5, 5.41) is 0. The normalized spacial score (nSPS) is 21.4. The number of oxazole rings is 1. The van der Waals surface area contributed by atoms with Gasteiger partial charge in [0.05, 0.1) is 29.7 Å². The summed E-state index contributed by atoms with van der Waals surface area (Å²) >= 11 is 0. The molecule has 0 radical (unpaired) electrons. The quantitative estimate of drug-likeness (QED) is 0.828. The molecule has 0 spiro atoms. The summed E-state index contributed by atoms with van der Waals surface area (Å²) in [7, 11) is -3.93. The van der Waals surface area contributed by atoms with E-state index < -0.39 is 21.7 Å². The molecule has 3 heterocycles. The summed E-state index contributed by atoms with van der Waals surface area (Å²) in [6, 6.07) is 2.57. The summed E-state index contributed by atoms with van der Waals surface area (Å²) in [6.07, 6.45) is 1.22. The Kier molecular flexibility index (Phi) is 4.09. The van der Waals surface area contributed by atoms with E-state index in [1.807, 2.05) is 0 Å². The van der Waals surface area contributed by atoms with Gasteiger partial charge in [-0.25, -0.2) is 22.2 Å².